The van der Waals surface area contributed by atoms with Crippen LogP contribution in [0.3, 0.4) is 0 Å². The molecule has 0 saturated heterocycles. The quantitative estimate of drug-likeness (QED) is 0.316. The first-order chi connectivity index (χ1) is 17.4. The van der Waals surface area contributed by atoms with Crippen LogP contribution in [0.25, 0.3) is 10.8 Å². The van der Waals surface area contributed by atoms with Crippen molar-refractivity contribution in [1.82, 2.24) is 5.32 Å². The summed E-state index contributed by atoms with van der Waals surface area (Å²) in [5.74, 6) is 0.838. The first kappa shape index (κ1) is 25.1. The van der Waals surface area contributed by atoms with Crippen LogP contribution in [0.1, 0.15) is 18.1 Å². The van der Waals surface area contributed by atoms with E-state index in [1.807, 2.05) is 49.4 Å². The molecule has 7 nitrogen and oxygen atoms in total. The van der Waals surface area contributed by atoms with Crippen LogP contribution in [0.2, 0.25) is 0 Å². The second kappa shape index (κ2) is 11.1. The third kappa shape index (κ3) is 6.14. The van der Waals surface area contributed by atoms with Crippen LogP contribution in [0.15, 0.2) is 89.8 Å². The molecule has 4 rings (SSSR count). The van der Waals surface area contributed by atoms with Gasteiger partial charge in [0.15, 0.2) is 6.61 Å². The fourth-order valence-electron chi connectivity index (χ4n) is 3.79. The van der Waals surface area contributed by atoms with Crippen molar-refractivity contribution in [3.63, 3.8) is 0 Å². The maximum Gasteiger partial charge on any atom is 0.261 e. The normalized spacial score (nSPS) is 11.2. The Balaban J connectivity index is 1.34. The monoisotopic (exact) mass is 504 g/mol. The Labute approximate surface area is 211 Å². The van der Waals surface area contributed by atoms with E-state index in [0.29, 0.717) is 35.9 Å². The van der Waals surface area contributed by atoms with E-state index in [4.69, 9.17) is 9.47 Å². The van der Waals surface area contributed by atoms with Gasteiger partial charge in [-0.3, -0.25) is 9.52 Å². The van der Waals surface area contributed by atoms with Crippen molar-refractivity contribution >= 4 is 32.4 Å². The highest BCUT2D eigenvalue weighted by Gasteiger charge is 2.16. The van der Waals surface area contributed by atoms with Gasteiger partial charge in [0.25, 0.3) is 15.9 Å². The largest absolute Gasteiger partial charge is 0.494 e. The summed E-state index contributed by atoms with van der Waals surface area (Å²) in [5.41, 5.74) is 2.05. The molecule has 0 saturated carbocycles. The van der Waals surface area contributed by atoms with E-state index in [1.54, 1.807) is 37.3 Å². The summed E-state index contributed by atoms with van der Waals surface area (Å²) in [5, 5.41) is 5.08. The number of fused-ring (bicyclic) bond motifs is 1. The van der Waals surface area contributed by atoms with Crippen molar-refractivity contribution in [1.29, 1.82) is 0 Å². The Hall–Kier alpha value is -4.04. The predicted octanol–water partition coefficient (Wildman–Crippen LogP) is 5.04. The Bertz CT molecular complexity index is 1460. The van der Waals surface area contributed by atoms with Crippen LogP contribution >= 0.6 is 0 Å². The molecule has 186 valence electrons. The first-order valence-electron chi connectivity index (χ1n) is 11.6. The number of carbonyl (C=O) groups excluding carboxylic acids is 1. The number of benzene rings is 4. The highest BCUT2D eigenvalue weighted by atomic mass is 32.2. The van der Waals surface area contributed by atoms with Crippen LogP contribution < -0.4 is 19.5 Å². The Kier molecular flexibility index (Phi) is 7.75. The molecule has 1 amide bonds. The maximum atomic E-state index is 12.8. The van der Waals surface area contributed by atoms with E-state index in [-0.39, 0.29) is 17.4 Å². The SMILES string of the molecule is CCOc1ccc(NS(=O)(=O)c2ccc(OCC(=O)NCc3cccc4ccccc34)c(C)c2)cc1. The molecule has 36 heavy (non-hydrogen) atoms. The minimum Gasteiger partial charge on any atom is -0.494 e. The number of ether oxygens (including phenoxy) is 2. The van der Waals surface area contributed by atoms with Crippen molar-refractivity contribution in [3.8, 4) is 11.5 Å². The molecule has 0 spiro atoms. The molecule has 0 unspecified atom stereocenters. The zero-order valence-corrected chi connectivity index (χ0v) is 21.0. The number of hydrogen-bond donors (Lipinski definition) is 2. The second-order valence-electron chi connectivity index (χ2n) is 8.19. The molecule has 0 atom stereocenters. The molecule has 0 radical (unpaired) electrons. The Morgan fingerprint density at radius 2 is 1.64 bits per heavy atom. The van der Waals surface area contributed by atoms with Crippen molar-refractivity contribution < 1.29 is 22.7 Å². The molecular formula is C28H28N2O5S. The van der Waals surface area contributed by atoms with Gasteiger partial charge in [-0.05, 0) is 78.2 Å². The summed E-state index contributed by atoms with van der Waals surface area (Å²) >= 11 is 0. The van der Waals surface area contributed by atoms with E-state index in [9.17, 15) is 13.2 Å². The van der Waals surface area contributed by atoms with Crippen molar-refractivity contribution in [2.75, 3.05) is 17.9 Å². The number of hydrogen-bond acceptors (Lipinski definition) is 5. The van der Waals surface area contributed by atoms with Crippen LogP contribution in [0.4, 0.5) is 5.69 Å². The van der Waals surface area contributed by atoms with Crippen molar-refractivity contribution in [2.24, 2.45) is 0 Å². The molecule has 0 aromatic heterocycles. The van der Waals surface area contributed by atoms with Gasteiger partial charge in [0.2, 0.25) is 0 Å². The lowest BCUT2D eigenvalue weighted by molar-refractivity contribution is -0.123. The standard InChI is InChI=1S/C28H28N2O5S/c1-3-34-24-13-11-23(12-14-24)30-36(32,33)25-15-16-27(20(2)17-25)35-19-28(31)29-18-22-9-6-8-21-7-4-5-10-26(21)22/h4-17,30H,3,18-19H2,1-2H3,(H,29,31). The van der Waals surface area contributed by atoms with Gasteiger partial charge in [-0.2, -0.15) is 0 Å². The lowest BCUT2D eigenvalue weighted by Crippen LogP contribution is -2.28. The zero-order valence-electron chi connectivity index (χ0n) is 20.2. The number of anilines is 1. The molecule has 2 N–H and O–H groups in total. The van der Waals surface area contributed by atoms with Crippen molar-refractivity contribution in [2.45, 2.75) is 25.3 Å². The molecule has 0 fully saturated rings. The second-order valence-corrected chi connectivity index (χ2v) is 9.88. The molecule has 0 bridgehead atoms. The number of carbonyl (C=O) groups is 1. The summed E-state index contributed by atoms with van der Waals surface area (Å²) in [6, 6.07) is 25.2. The number of amides is 1. The molecule has 4 aromatic carbocycles. The van der Waals surface area contributed by atoms with Gasteiger partial charge in [0.05, 0.1) is 11.5 Å². The fourth-order valence-corrected chi connectivity index (χ4v) is 4.93. The molecule has 0 heterocycles. The Morgan fingerprint density at radius 1 is 0.889 bits per heavy atom. The highest BCUT2D eigenvalue weighted by molar-refractivity contribution is 7.92. The zero-order chi connectivity index (χ0) is 25.5. The van der Waals surface area contributed by atoms with Crippen molar-refractivity contribution in [3.05, 3.63) is 96.1 Å². The summed E-state index contributed by atoms with van der Waals surface area (Å²) in [7, 11) is -3.79. The topological polar surface area (TPSA) is 93.7 Å². The highest BCUT2D eigenvalue weighted by Crippen LogP contribution is 2.24. The lowest BCUT2D eigenvalue weighted by atomic mass is 10.0. The third-order valence-electron chi connectivity index (χ3n) is 5.59. The van der Waals surface area contributed by atoms with Crippen LogP contribution in [-0.4, -0.2) is 27.5 Å². The first-order valence-corrected chi connectivity index (χ1v) is 13.1. The minimum absolute atomic E-state index is 0.0987. The predicted molar refractivity (Wildman–Crippen MR) is 141 cm³/mol. The number of sulfonamides is 1. The summed E-state index contributed by atoms with van der Waals surface area (Å²) in [6.45, 7) is 4.36. The van der Waals surface area contributed by atoms with Gasteiger partial charge in [0.1, 0.15) is 11.5 Å². The molecule has 4 aromatic rings. The fraction of sp³-hybridized carbons (Fsp3) is 0.179. The van der Waals surface area contributed by atoms with Gasteiger partial charge < -0.3 is 14.8 Å². The van der Waals surface area contributed by atoms with Gasteiger partial charge in [-0.1, -0.05) is 42.5 Å². The summed E-state index contributed by atoms with van der Waals surface area (Å²) < 4.78 is 39.2. The minimum atomic E-state index is -3.79. The maximum absolute atomic E-state index is 12.8. The number of nitrogens with one attached hydrogen (secondary N) is 2. The van der Waals surface area contributed by atoms with Crippen LogP contribution in [-0.2, 0) is 21.4 Å². The molecular weight excluding hydrogens is 476 g/mol. The van der Waals surface area contributed by atoms with Gasteiger partial charge in [-0.15, -0.1) is 0 Å². The Morgan fingerprint density at radius 3 is 2.39 bits per heavy atom. The number of aryl methyl sites for hydroxylation is 1. The van der Waals surface area contributed by atoms with E-state index in [2.05, 4.69) is 10.0 Å². The molecule has 0 aliphatic carbocycles. The average molecular weight is 505 g/mol. The van der Waals surface area contributed by atoms with Crippen LogP contribution in [0.5, 0.6) is 11.5 Å². The molecule has 0 aliphatic heterocycles. The van der Waals surface area contributed by atoms with Gasteiger partial charge >= 0.3 is 0 Å². The average Bonchev–Trinajstić information content (AvgIpc) is 2.88. The smallest absolute Gasteiger partial charge is 0.261 e. The van der Waals surface area contributed by atoms with E-state index >= 15 is 0 Å². The molecule has 0 aliphatic rings. The molecule has 8 heteroatoms. The van der Waals surface area contributed by atoms with Crippen LogP contribution in [0, 0.1) is 6.92 Å². The summed E-state index contributed by atoms with van der Waals surface area (Å²) in [4.78, 5) is 12.5. The van der Waals surface area contributed by atoms with Gasteiger partial charge in [-0.25, -0.2) is 8.42 Å². The van der Waals surface area contributed by atoms with E-state index in [0.717, 1.165) is 16.3 Å². The third-order valence-corrected chi connectivity index (χ3v) is 6.97. The van der Waals surface area contributed by atoms with E-state index < -0.39 is 10.0 Å². The lowest BCUT2D eigenvalue weighted by Gasteiger charge is -2.13. The van der Waals surface area contributed by atoms with Gasteiger partial charge in [0, 0.05) is 12.2 Å². The van der Waals surface area contributed by atoms with E-state index in [1.165, 1.54) is 12.1 Å². The number of rotatable bonds is 10. The summed E-state index contributed by atoms with van der Waals surface area (Å²) in [6.07, 6.45) is 0.